The lowest BCUT2D eigenvalue weighted by molar-refractivity contribution is -0.120. The largest absolute Gasteiger partial charge is 0.361 e. The summed E-state index contributed by atoms with van der Waals surface area (Å²) in [4.78, 5) is 15.4. The van der Waals surface area contributed by atoms with Crippen molar-refractivity contribution in [3.8, 4) is 0 Å². The molecule has 0 saturated heterocycles. The number of rotatable bonds is 5. The zero-order valence-corrected chi connectivity index (χ0v) is 14.3. The van der Waals surface area contributed by atoms with Gasteiger partial charge in [-0.2, -0.15) is 5.10 Å². The molecule has 7 heteroatoms. The number of nitrogens with zero attached hydrogens (tertiary/aromatic N) is 4. The van der Waals surface area contributed by atoms with Gasteiger partial charge in [0.05, 0.1) is 24.2 Å². The number of carbonyl (C=O) groups is 1. The molecular weight excluding hydrogens is 328 g/mol. The van der Waals surface area contributed by atoms with Crippen LogP contribution in [0.25, 0.3) is 21.9 Å². The Bertz CT molecular complexity index is 1110. The van der Waals surface area contributed by atoms with Gasteiger partial charge in [0.2, 0.25) is 5.91 Å². The zero-order chi connectivity index (χ0) is 17.9. The molecule has 2 heterocycles. The Labute approximate surface area is 149 Å². The molecule has 130 valence electrons. The summed E-state index contributed by atoms with van der Waals surface area (Å²) in [6.45, 7) is 2.32. The highest BCUT2D eigenvalue weighted by atomic mass is 16.2. The number of hydrogen-bond donors (Lipinski definition) is 2. The average molecular weight is 346 g/mol. The standard InChI is InChI=1S/C19H18N6O/c1-13(12-25-18-9-5-4-8-17(18)22-24-25)21-23-19(26)10-14-11-20-16-7-3-2-6-15(14)16/h2-9,11,20H,10,12H2,1H3,(H,23,26)/b21-13+. The highest BCUT2D eigenvalue weighted by Gasteiger charge is 2.09. The molecule has 0 fully saturated rings. The predicted octanol–water partition coefficient (Wildman–Crippen LogP) is 2.65. The molecule has 7 nitrogen and oxygen atoms in total. The van der Waals surface area contributed by atoms with Crippen LogP contribution >= 0.6 is 0 Å². The van der Waals surface area contributed by atoms with Gasteiger partial charge in [-0.05, 0) is 30.7 Å². The first-order valence-corrected chi connectivity index (χ1v) is 8.36. The molecule has 26 heavy (non-hydrogen) atoms. The van der Waals surface area contributed by atoms with Crippen molar-refractivity contribution in [1.82, 2.24) is 25.4 Å². The minimum Gasteiger partial charge on any atom is -0.361 e. The number of benzene rings is 2. The smallest absolute Gasteiger partial charge is 0.244 e. The van der Waals surface area contributed by atoms with Gasteiger partial charge in [-0.3, -0.25) is 4.79 Å². The van der Waals surface area contributed by atoms with E-state index in [4.69, 9.17) is 0 Å². The molecule has 0 saturated carbocycles. The number of hydrogen-bond acceptors (Lipinski definition) is 4. The van der Waals surface area contributed by atoms with E-state index in [1.807, 2.05) is 61.7 Å². The van der Waals surface area contributed by atoms with E-state index >= 15 is 0 Å². The van der Waals surface area contributed by atoms with Crippen molar-refractivity contribution in [2.45, 2.75) is 19.9 Å². The van der Waals surface area contributed by atoms with E-state index < -0.39 is 0 Å². The average Bonchev–Trinajstić information content (AvgIpc) is 3.25. The van der Waals surface area contributed by atoms with Crippen LogP contribution in [0.3, 0.4) is 0 Å². The highest BCUT2D eigenvalue weighted by Crippen LogP contribution is 2.17. The summed E-state index contributed by atoms with van der Waals surface area (Å²) in [6.07, 6.45) is 2.13. The van der Waals surface area contributed by atoms with E-state index in [0.717, 1.165) is 33.2 Å². The minimum atomic E-state index is -0.155. The molecule has 0 aliphatic rings. The van der Waals surface area contributed by atoms with E-state index in [-0.39, 0.29) is 12.3 Å². The van der Waals surface area contributed by atoms with Crippen molar-refractivity contribution < 1.29 is 4.79 Å². The van der Waals surface area contributed by atoms with Crippen LogP contribution < -0.4 is 5.43 Å². The normalized spacial score (nSPS) is 12.0. The molecule has 4 aromatic rings. The third-order valence-corrected chi connectivity index (χ3v) is 4.20. The Morgan fingerprint density at radius 3 is 2.92 bits per heavy atom. The molecule has 0 unspecified atom stereocenters. The summed E-state index contributed by atoms with van der Waals surface area (Å²) >= 11 is 0. The number of aromatic nitrogens is 4. The molecule has 0 aliphatic carbocycles. The Kier molecular flexibility index (Phi) is 4.18. The van der Waals surface area contributed by atoms with Gasteiger partial charge in [0.25, 0.3) is 0 Å². The molecule has 1 amide bonds. The Morgan fingerprint density at radius 2 is 2.00 bits per heavy atom. The van der Waals surface area contributed by atoms with Crippen molar-refractivity contribution in [3.05, 3.63) is 60.3 Å². The quantitative estimate of drug-likeness (QED) is 0.430. The lowest BCUT2D eigenvalue weighted by Gasteiger charge is -2.04. The number of H-pyrrole nitrogens is 1. The number of fused-ring (bicyclic) bond motifs is 2. The maximum Gasteiger partial charge on any atom is 0.244 e. The second kappa shape index (κ2) is 6.79. The van der Waals surface area contributed by atoms with Gasteiger partial charge in [0, 0.05) is 17.1 Å². The van der Waals surface area contributed by atoms with E-state index in [9.17, 15) is 4.79 Å². The number of amides is 1. The van der Waals surface area contributed by atoms with E-state index in [0.29, 0.717) is 6.54 Å². The SMILES string of the molecule is C/C(Cn1nnc2ccccc21)=N\NC(=O)Cc1c[nH]c2ccccc12. The summed E-state index contributed by atoms with van der Waals surface area (Å²) in [5, 5.41) is 13.5. The van der Waals surface area contributed by atoms with Gasteiger partial charge < -0.3 is 4.98 Å². The minimum absolute atomic E-state index is 0.155. The molecule has 0 aliphatic heterocycles. The van der Waals surface area contributed by atoms with Crippen molar-refractivity contribution >= 4 is 33.6 Å². The first-order chi connectivity index (χ1) is 12.7. The third kappa shape index (κ3) is 3.19. The van der Waals surface area contributed by atoms with Crippen LogP contribution in [0, 0.1) is 0 Å². The topological polar surface area (TPSA) is 88.0 Å². The fourth-order valence-corrected chi connectivity index (χ4v) is 2.93. The lowest BCUT2D eigenvalue weighted by atomic mass is 10.1. The lowest BCUT2D eigenvalue weighted by Crippen LogP contribution is -2.22. The van der Waals surface area contributed by atoms with Crippen molar-refractivity contribution in [2.24, 2.45) is 5.10 Å². The molecule has 2 N–H and O–H groups in total. The Balaban J connectivity index is 1.41. The fraction of sp³-hybridized carbons (Fsp3) is 0.158. The first kappa shape index (κ1) is 16.0. The van der Waals surface area contributed by atoms with Crippen molar-refractivity contribution in [3.63, 3.8) is 0 Å². The Morgan fingerprint density at radius 1 is 1.19 bits per heavy atom. The van der Waals surface area contributed by atoms with Gasteiger partial charge in [-0.25, -0.2) is 10.1 Å². The summed E-state index contributed by atoms with van der Waals surface area (Å²) in [5.41, 5.74) is 7.11. The number of para-hydroxylation sites is 2. The maximum atomic E-state index is 12.2. The molecule has 4 rings (SSSR count). The number of carbonyl (C=O) groups excluding carboxylic acids is 1. The summed E-state index contributed by atoms with van der Waals surface area (Å²) < 4.78 is 1.76. The first-order valence-electron chi connectivity index (χ1n) is 8.36. The van der Waals surface area contributed by atoms with E-state index in [1.165, 1.54) is 0 Å². The molecular formula is C19H18N6O. The van der Waals surface area contributed by atoms with Crippen molar-refractivity contribution in [1.29, 1.82) is 0 Å². The van der Waals surface area contributed by atoms with Crippen LogP contribution in [0.1, 0.15) is 12.5 Å². The predicted molar refractivity (Wildman–Crippen MR) is 101 cm³/mol. The van der Waals surface area contributed by atoms with Crippen molar-refractivity contribution in [2.75, 3.05) is 0 Å². The van der Waals surface area contributed by atoms with Gasteiger partial charge in [0.15, 0.2) is 0 Å². The fourth-order valence-electron chi connectivity index (χ4n) is 2.93. The van der Waals surface area contributed by atoms with Crippen LogP contribution in [-0.2, 0) is 17.8 Å². The number of aromatic amines is 1. The highest BCUT2D eigenvalue weighted by molar-refractivity contribution is 5.90. The molecule has 2 aromatic carbocycles. The summed E-state index contributed by atoms with van der Waals surface area (Å²) in [5.74, 6) is -0.155. The second-order valence-corrected chi connectivity index (χ2v) is 6.15. The van der Waals surface area contributed by atoms with Crippen LogP contribution in [-0.4, -0.2) is 31.6 Å². The second-order valence-electron chi connectivity index (χ2n) is 6.15. The molecule has 0 atom stereocenters. The van der Waals surface area contributed by atoms with E-state index in [1.54, 1.807) is 4.68 Å². The van der Waals surface area contributed by atoms with Crippen LogP contribution in [0.15, 0.2) is 59.8 Å². The van der Waals surface area contributed by atoms with Gasteiger partial charge in [0.1, 0.15) is 5.52 Å². The Hall–Kier alpha value is -3.48. The maximum absolute atomic E-state index is 12.2. The number of nitrogens with one attached hydrogen (secondary N) is 2. The van der Waals surface area contributed by atoms with Crippen LogP contribution in [0.5, 0.6) is 0 Å². The monoisotopic (exact) mass is 346 g/mol. The molecule has 2 aromatic heterocycles. The molecule has 0 bridgehead atoms. The molecule has 0 radical (unpaired) electrons. The van der Waals surface area contributed by atoms with Crippen LogP contribution in [0.2, 0.25) is 0 Å². The summed E-state index contributed by atoms with van der Waals surface area (Å²) in [7, 11) is 0. The van der Waals surface area contributed by atoms with E-state index in [2.05, 4.69) is 25.8 Å². The number of hydrazone groups is 1. The van der Waals surface area contributed by atoms with Gasteiger partial charge in [-0.15, -0.1) is 5.10 Å². The van der Waals surface area contributed by atoms with Gasteiger partial charge in [-0.1, -0.05) is 35.5 Å². The zero-order valence-electron chi connectivity index (χ0n) is 14.3. The summed E-state index contributed by atoms with van der Waals surface area (Å²) in [6, 6.07) is 15.6. The van der Waals surface area contributed by atoms with Crippen LogP contribution in [0.4, 0.5) is 0 Å². The molecule has 0 spiro atoms. The third-order valence-electron chi connectivity index (χ3n) is 4.20. The van der Waals surface area contributed by atoms with Gasteiger partial charge >= 0.3 is 0 Å².